The fraction of sp³-hybridized carbons (Fsp3) is 0.818. The third-order valence-corrected chi connectivity index (χ3v) is 5.46. The van der Waals surface area contributed by atoms with Crippen LogP contribution in [0.1, 0.15) is 30.9 Å². The van der Waals surface area contributed by atoms with E-state index in [-0.39, 0.29) is 12.3 Å². The lowest BCUT2D eigenvalue weighted by Crippen LogP contribution is -2.30. The molecule has 1 aromatic rings. The number of aryl methyl sites for hydroxylation is 1. The first-order chi connectivity index (χ1) is 9.04. The van der Waals surface area contributed by atoms with Crippen molar-refractivity contribution in [3.8, 4) is 0 Å². The fourth-order valence-corrected chi connectivity index (χ4v) is 3.54. The molecule has 0 amide bonds. The number of halogens is 1. The number of fused-ring (bicyclic) bond motifs is 1. The van der Waals surface area contributed by atoms with Gasteiger partial charge in [0.25, 0.3) is 0 Å². The van der Waals surface area contributed by atoms with E-state index in [1.54, 1.807) is 7.05 Å². The molecule has 2 rings (SSSR count). The molecule has 0 unspecified atom stereocenters. The molecule has 6 nitrogen and oxygen atoms in total. The van der Waals surface area contributed by atoms with Crippen LogP contribution in [0.15, 0.2) is 0 Å². The molecule has 2 heterocycles. The third kappa shape index (κ3) is 3.46. The van der Waals surface area contributed by atoms with Gasteiger partial charge >= 0.3 is 0 Å². The molecule has 0 N–H and O–H groups in total. The van der Waals surface area contributed by atoms with Crippen molar-refractivity contribution in [1.29, 1.82) is 0 Å². The van der Waals surface area contributed by atoms with E-state index in [9.17, 15) is 8.42 Å². The molecule has 0 saturated carbocycles. The number of unbranched alkanes of at least 4 members (excludes halogenated alkanes) is 1. The molecule has 1 aromatic heterocycles. The summed E-state index contributed by atoms with van der Waals surface area (Å²) in [6.07, 6.45) is 3.30. The van der Waals surface area contributed by atoms with Gasteiger partial charge in [0.2, 0.25) is 10.0 Å². The Morgan fingerprint density at radius 2 is 2.16 bits per heavy atom. The fourth-order valence-electron chi connectivity index (χ4n) is 2.16. The average molecular weight is 307 g/mol. The highest BCUT2D eigenvalue weighted by Crippen LogP contribution is 2.16. The van der Waals surface area contributed by atoms with Crippen LogP contribution in [0.25, 0.3) is 0 Å². The van der Waals surface area contributed by atoms with Crippen molar-refractivity contribution in [3.05, 3.63) is 11.6 Å². The number of sulfonamides is 1. The zero-order chi connectivity index (χ0) is 13.9. The van der Waals surface area contributed by atoms with Gasteiger partial charge in [-0.1, -0.05) is 0 Å². The van der Waals surface area contributed by atoms with Crippen LogP contribution in [-0.4, -0.2) is 46.2 Å². The molecule has 0 radical (unpaired) electrons. The van der Waals surface area contributed by atoms with Gasteiger partial charge in [-0.15, -0.1) is 21.8 Å². The summed E-state index contributed by atoms with van der Waals surface area (Å²) in [5.74, 6) is 2.33. The summed E-state index contributed by atoms with van der Waals surface area (Å²) >= 11 is 5.56. The van der Waals surface area contributed by atoms with E-state index < -0.39 is 10.0 Å². The Morgan fingerprint density at radius 3 is 2.89 bits per heavy atom. The van der Waals surface area contributed by atoms with Crippen LogP contribution in [0.5, 0.6) is 0 Å². The highest BCUT2D eigenvalue weighted by molar-refractivity contribution is 7.89. The second-order valence-corrected chi connectivity index (χ2v) is 7.33. The number of alkyl halides is 1. The van der Waals surface area contributed by atoms with Crippen LogP contribution in [-0.2, 0) is 29.5 Å². The highest BCUT2D eigenvalue weighted by atomic mass is 35.5. The van der Waals surface area contributed by atoms with Gasteiger partial charge < -0.3 is 4.57 Å². The largest absolute Gasteiger partial charge is 0.314 e. The Bertz CT molecular complexity index is 529. The molecular weight excluding hydrogens is 288 g/mol. The topological polar surface area (TPSA) is 68.1 Å². The molecular formula is C11H19ClN4O2S. The van der Waals surface area contributed by atoms with Crippen LogP contribution in [0.2, 0.25) is 0 Å². The maximum atomic E-state index is 12.1. The molecule has 0 saturated heterocycles. The van der Waals surface area contributed by atoms with Crippen molar-refractivity contribution in [2.75, 3.05) is 18.7 Å². The van der Waals surface area contributed by atoms with Crippen LogP contribution in [0, 0.1) is 0 Å². The van der Waals surface area contributed by atoms with Crippen molar-refractivity contribution in [2.45, 2.75) is 38.8 Å². The van der Waals surface area contributed by atoms with Crippen LogP contribution in [0.4, 0.5) is 0 Å². The zero-order valence-electron chi connectivity index (χ0n) is 11.0. The number of rotatable bonds is 7. The van der Waals surface area contributed by atoms with Gasteiger partial charge in [-0.3, -0.25) is 0 Å². The summed E-state index contributed by atoms with van der Waals surface area (Å²) in [6, 6.07) is 0. The van der Waals surface area contributed by atoms with Crippen molar-refractivity contribution >= 4 is 21.6 Å². The average Bonchev–Trinajstić information content (AvgIpc) is 2.94. The van der Waals surface area contributed by atoms with E-state index in [1.165, 1.54) is 4.31 Å². The Morgan fingerprint density at radius 1 is 1.37 bits per heavy atom. The predicted molar refractivity (Wildman–Crippen MR) is 73.6 cm³/mol. The Kier molecular flexibility index (Phi) is 4.81. The molecule has 8 heteroatoms. The third-order valence-electron chi connectivity index (χ3n) is 3.31. The summed E-state index contributed by atoms with van der Waals surface area (Å²) in [6.45, 7) is 1.17. The summed E-state index contributed by atoms with van der Waals surface area (Å²) in [4.78, 5) is 0. The van der Waals surface area contributed by atoms with Crippen molar-refractivity contribution in [1.82, 2.24) is 19.1 Å². The normalized spacial score (nSPS) is 15.1. The lowest BCUT2D eigenvalue weighted by molar-refractivity contribution is 0.445. The van der Waals surface area contributed by atoms with Gasteiger partial charge in [-0.2, -0.15) is 4.31 Å². The number of nitrogens with zero attached hydrogens (tertiary/aromatic N) is 4. The minimum absolute atomic E-state index is 0.136. The maximum Gasteiger partial charge on any atom is 0.214 e. The van der Waals surface area contributed by atoms with Crippen LogP contribution < -0.4 is 0 Å². The molecule has 0 atom stereocenters. The molecule has 0 aliphatic carbocycles. The monoisotopic (exact) mass is 306 g/mol. The van der Waals surface area contributed by atoms with E-state index >= 15 is 0 Å². The van der Waals surface area contributed by atoms with Crippen LogP contribution >= 0.6 is 11.6 Å². The SMILES string of the molecule is CN(Cc1nnc2n1CCC2)S(=O)(=O)CCCCCl. The molecule has 0 spiro atoms. The lowest BCUT2D eigenvalue weighted by atomic mass is 10.4. The van der Waals surface area contributed by atoms with Crippen LogP contribution in [0.3, 0.4) is 0 Å². The minimum Gasteiger partial charge on any atom is -0.314 e. The van der Waals surface area contributed by atoms with Gasteiger partial charge in [0.05, 0.1) is 12.3 Å². The molecule has 1 aliphatic rings. The van der Waals surface area contributed by atoms with E-state index in [1.807, 2.05) is 4.57 Å². The second-order valence-electron chi connectivity index (χ2n) is 4.76. The summed E-state index contributed by atoms with van der Waals surface area (Å²) < 4.78 is 27.5. The molecule has 19 heavy (non-hydrogen) atoms. The number of hydrogen-bond donors (Lipinski definition) is 0. The Labute approximate surface area is 118 Å². The quantitative estimate of drug-likeness (QED) is 0.557. The predicted octanol–water partition coefficient (Wildman–Crippen LogP) is 1.00. The van der Waals surface area contributed by atoms with Gasteiger partial charge in [-0.05, 0) is 19.3 Å². The Balaban J connectivity index is 1.98. The molecule has 0 aromatic carbocycles. The first-order valence-corrected chi connectivity index (χ1v) is 8.60. The molecule has 0 bridgehead atoms. The smallest absolute Gasteiger partial charge is 0.214 e. The summed E-state index contributed by atoms with van der Waals surface area (Å²) in [5.41, 5.74) is 0. The highest BCUT2D eigenvalue weighted by Gasteiger charge is 2.23. The Hall–Kier alpha value is -0.660. The van der Waals surface area contributed by atoms with Gasteiger partial charge in [-0.25, -0.2) is 8.42 Å². The van der Waals surface area contributed by atoms with Gasteiger partial charge in [0.1, 0.15) is 11.6 Å². The minimum atomic E-state index is -3.23. The summed E-state index contributed by atoms with van der Waals surface area (Å²) in [7, 11) is -1.64. The van der Waals surface area contributed by atoms with Gasteiger partial charge in [0, 0.05) is 25.9 Å². The molecule has 0 fully saturated rings. The first-order valence-electron chi connectivity index (χ1n) is 6.45. The standard InChI is InChI=1S/C11H19ClN4O2S/c1-15(19(17,18)8-3-2-6-12)9-11-14-13-10-5-4-7-16(10)11/h2-9H2,1H3. The van der Waals surface area contributed by atoms with E-state index in [2.05, 4.69) is 10.2 Å². The number of hydrogen-bond acceptors (Lipinski definition) is 4. The van der Waals surface area contributed by atoms with E-state index in [0.717, 1.165) is 37.5 Å². The summed E-state index contributed by atoms with van der Waals surface area (Å²) in [5, 5.41) is 8.15. The lowest BCUT2D eigenvalue weighted by Gasteiger charge is -2.16. The van der Waals surface area contributed by atoms with Gasteiger partial charge in [0.15, 0.2) is 0 Å². The first kappa shape index (κ1) is 14.7. The molecule has 1 aliphatic heterocycles. The van der Waals surface area contributed by atoms with E-state index in [0.29, 0.717) is 12.3 Å². The molecule has 108 valence electrons. The maximum absolute atomic E-state index is 12.1. The van der Waals surface area contributed by atoms with E-state index in [4.69, 9.17) is 11.6 Å². The number of aromatic nitrogens is 3. The second kappa shape index (κ2) is 6.19. The van der Waals surface area contributed by atoms with Crippen molar-refractivity contribution in [3.63, 3.8) is 0 Å². The van der Waals surface area contributed by atoms with Crippen molar-refractivity contribution < 1.29 is 8.42 Å². The zero-order valence-corrected chi connectivity index (χ0v) is 12.6. The van der Waals surface area contributed by atoms with Crippen molar-refractivity contribution in [2.24, 2.45) is 0 Å².